The van der Waals surface area contributed by atoms with E-state index < -0.39 is 0 Å². The predicted octanol–water partition coefficient (Wildman–Crippen LogP) is 3.94. The van der Waals surface area contributed by atoms with Crippen molar-refractivity contribution >= 4 is 62.2 Å². The Morgan fingerprint density at radius 1 is 1.00 bits per heavy atom. The van der Waals surface area contributed by atoms with E-state index in [2.05, 4.69) is 0 Å². The SMILES string of the molecule is CC(=O)C(C)=C1SCSCS(=C(C)C(C)=O)CS1. The second-order valence-corrected chi connectivity index (χ2v) is 10.4. The molecule has 0 radical (unpaired) electrons. The van der Waals surface area contributed by atoms with Gasteiger partial charge in [0.1, 0.15) is 0 Å². The quantitative estimate of drug-likeness (QED) is 0.568. The number of thioether (sulfide) groups is 3. The molecule has 0 aromatic rings. The summed E-state index contributed by atoms with van der Waals surface area (Å²) in [5, 5.41) is 2.91. The summed E-state index contributed by atoms with van der Waals surface area (Å²) in [6.45, 7) is 7.09. The van der Waals surface area contributed by atoms with Crippen LogP contribution in [-0.2, 0) is 9.59 Å². The van der Waals surface area contributed by atoms with Crippen LogP contribution in [0.3, 0.4) is 0 Å². The van der Waals surface area contributed by atoms with Crippen LogP contribution in [0.25, 0.3) is 0 Å². The molecule has 0 aromatic carbocycles. The van der Waals surface area contributed by atoms with Crippen molar-refractivity contribution in [2.24, 2.45) is 0 Å². The first kappa shape index (κ1) is 16.4. The normalized spacial score (nSPS) is 24.9. The number of rotatable bonds is 2. The number of carbonyl (C=O) groups excluding carboxylic acids is 2. The Morgan fingerprint density at radius 3 is 2.22 bits per heavy atom. The summed E-state index contributed by atoms with van der Waals surface area (Å²) in [6, 6.07) is 0. The van der Waals surface area contributed by atoms with E-state index in [0.717, 1.165) is 29.9 Å². The van der Waals surface area contributed by atoms with Crippen molar-refractivity contribution in [2.75, 3.05) is 15.3 Å². The molecule has 0 aliphatic carbocycles. The maximum Gasteiger partial charge on any atom is 0.161 e. The van der Waals surface area contributed by atoms with E-state index in [1.165, 1.54) is 0 Å². The molecule has 102 valence electrons. The summed E-state index contributed by atoms with van der Waals surface area (Å²) >= 11 is 5.35. The fraction of sp³-hybridized carbons (Fsp3) is 0.583. The Labute approximate surface area is 124 Å². The van der Waals surface area contributed by atoms with Crippen LogP contribution in [0.5, 0.6) is 0 Å². The summed E-state index contributed by atoms with van der Waals surface area (Å²) in [4.78, 5) is 23.8. The van der Waals surface area contributed by atoms with E-state index in [4.69, 9.17) is 0 Å². The lowest BCUT2D eigenvalue weighted by Crippen LogP contribution is -2.07. The van der Waals surface area contributed by atoms with E-state index in [0.29, 0.717) is 0 Å². The van der Waals surface area contributed by atoms with Crippen molar-refractivity contribution in [2.45, 2.75) is 27.7 Å². The van der Waals surface area contributed by atoms with Crippen molar-refractivity contribution in [1.82, 2.24) is 0 Å². The van der Waals surface area contributed by atoms with Crippen LogP contribution >= 0.6 is 45.8 Å². The lowest BCUT2D eigenvalue weighted by atomic mass is 10.2. The first-order valence-electron chi connectivity index (χ1n) is 5.50. The average molecular weight is 323 g/mol. The first-order chi connectivity index (χ1) is 8.43. The fourth-order valence-corrected chi connectivity index (χ4v) is 9.24. The summed E-state index contributed by atoms with van der Waals surface area (Å²) in [7, 11) is 0.0358. The summed E-state index contributed by atoms with van der Waals surface area (Å²) in [6.07, 6.45) is 0. The molecule has 1 atom stereocenters. The number of Topliss-reactive ketones (excluding diaryl/α,β-unsaturated/α-hetero) is 2. The average Bonchev–Trinajstić information content (AvgIpc) is 2.27. The Hall–Kier alpha value is 0.350. The van der Waals surface area contributed by atoms with E-state index in [9.17, 15) is 9.59 Å². The molecule has 1 unspecified atom stereocenters. The van der Waals surface area contributed by atoms with Crippen molar-refractivity contribution in [3.05, 3.63) is 9.81 Å². The summed E-state index contributed by atoms with van der Waals surface area (Å²) < 4.78 is 1.13. The third kappa shape index (κ3) is 4.79. The molecule has 1 saturated heterocycles. The number of hydrogen-bond acceptors (Lipinski definition) is 5. The molecule has 1 rings (SSSR count). The van der Waals surface area contributed by atoms with Crippen LogP contribution in [0.1, 0.15) is 27.7 Å². The highest BCUT2D eigenvalue weighted by molar-refractivity contribution is 8.39. The molecule has 1 heterocycles. The van der Waals surface area contributed by atoms with Gasteiger partial charge in [-0.15, -0.1) is 35.3 Å². The van der Waals surface area contributed by atoms with Gasteiger partial charge in [-0.05, 0) is 27.7 Å². The fourth-order valence-electron chi connectivity index (χ4n) is 1.17. The van der Waals surface area contributed by atoms with Crippen molar-refractivity contribution in [1.29, 1.82) is 0 Å². The zero-order valence-corrected chi connectivity index (χ0v) is 14.3. The molecular weight excluding hydrogens is 304 g/mol. The van der Waals surface area contributed by atoms with E-state index in [1.807, 2.05) is 25.6 Å². The van der Waals surface area contributed by atoms with Crippen LogP contribution in [0.4, 0.5) is 0 Å². The lowest BCUT2D eigenvalue weighted by molar-refractivity contribution is -0.113. The van der Waals surface area contributed by atoms with Crippen LogP contribution in [0.15, 0.2) is 9.81 Å². The highest BCUT2D eigenvalue weighted by Crippen LogP contribution is 2.42. The number of allylic oxidation sites excluding steroid dienone is 1. The Kier molecular flexibility index (Phi) is 7.13. The van der Waals surface area contributed by atoms with Gasteiger partial charge >= 0.3 is 0 Å². The zero-order valence-electron chi connectivity index (χ0n) is 11.1. The third-order valence-electron chi connectivity index (χ3n) is 2.59. The second kappa shape index (κ2) is 7.82. The largest absolute Gasteiger partial charge is 0.295 e. The molecule has 0 saturated carbocycles. The van der Waals surface area contributed by atoms with Crippen LogP contribution in [0, 0.1) is 0 Å². The molecule has 0 aromatic heterocycles. The molecule has 2 nitrogen and oxygen atoms in total. The molecule has 1 aliphatic rings. The standard InChI is InChI=1S/C12H18O2S4/c1-8(9(2)13)12-16-5-15-6-18(7-17-12)11(4)10(3)14/h5-7H2,1-4H3. The van der Waals surface area contributed by atoms with Crippen molar-refractivity contribution in [3.63, 3.8) is 0 Å². The van der Waals surface area contributed by atoms with E-state index in [1.54, 1.807) is 37.4 Å². The molecule has 0 N–H and O–H groups in total. The maximum atomic E-state index is 11.4. The number of carbonyl (C=O) groups is 2. The van der Waals surface area contributed by atoms with Crippen molar-refractivity contribution in [3.8, 4) is 0 Å². The van der Waals surface area contributed by atoms with Gasteiger partial charge in [-0.3, -0.25) is 9.59 Å². The first-order valence-corrected chi connectivity index (χ1v) is 10.2. The third-order valence-corrected chi connectivity index (χ3v) is 10.1. The molecule has 1 aliphatic heterocycles. The molecule has 0 spiro atoms. The highest BCUT2D eigenvalue weighted by atomic mass is 32.3. The maximum absolute atomic E-state index is 11.4. The zero-order chi connectivity index (χ0) is 13.7. The Balaban J connectivity index is 2.91. The van der Waals surface area contributed by atoms with Crippen LogP contribution < -0.4 is 0 Å². The number of hydrogen-bond donors (Lipinski definition) is 0. The van der Waals surface area contributed by atoms with Gasteiger partial charge in [-0.25, -0.2) is 0 Å². The molecular formula is C12H18O2S4. The topological polar surface area (TPSA) is 34.1 Å². The van der Waals surface area contributed by atoms with Gasteiger partial charge in [0.05, 0.1) is 0 Å². The van der Waals surface area contributed by atoms with Gasteiger partial charge in [0.25, 0.3) is 0 Å². The lowest BCUT2D eigenvalue weighted by Gasteiger charge is -2.18. The van der Waals surface area contributed by atoms with E-state index in [-0.39, 0.29) is 22.1 Å². The van der Waals surface area contributed by atoms with Gasteiger partial charge in [0.2, 0.25) is 0 Å². The summed E-state index contributed by atoms with van der Waals surface area (Å²) in [5.74, 6) is 0.337. The summed E-state index contributed by atoms with van der Waals surface area (Å²) in [5.41, 5.74) is 0.858. The van der Waals surface area contributed by atoms with Crippen LogP contribution in [-0.4, -0.2) is 31.7 Å². The highest BCUT2D eigenvalue weighted by Gasteiger charge is 2.14. The molecule has 18 heavy (non-hydrogen) atoms. The predicted molar refractivity (Wildman–Crippen MR) is 89.7 cm³/mol. The Morgan fingerprint density at radius 2 is 1.67 bits per heavy atom. The monoisotopic (exact) mass is 322 g/mol. The Bertz CT molecular complexity index is 384. The van der Waals surface area contributed by atoms with Crippen LogP contribution in [0.2, 0.25) is 0 Å². The van der Waals surface area contributed by atoms with Gasteiger partial charge < -0.3 is 0 Å². The van der Waals surface area contributed by atoms with Gasteiger partial charge in [-0.1, -0.05) is 0 Å². The smallest absolute Gasteiger partial charge is 0.161 e. The van der Waals surface area contributed by atoms with E-state index >= 15 is 0 Å². The minimum atomic E-state index is 0.0358. The van der Waals surface area contributed by atoms with Gasteiger partial charge in [-0.2, -0.15) is 10.5 Å². The molecule has 6 heteroatoms. The van der Waals surface area contributed by atoms with Crippen molar-refractivity contribution < 1.29 is 9.59 Å². The molecule has 0 bridgehead atoms. The number of ketones is 2. The van der Waals surface area contributed by atoms with Gasteiger partial charge in [0.15, 0.2) is 11.6 Å². The molecule has 0 amide bonds. The second-order valence-electron chi connectivity index (χ2n) is 3.92. The minimum Gasteiger partial charge on any atom is -0.295 e. The molecule has 1 fully saturated rings. The van der Waals surface area contributed by atoms with Gasteiger partial charge in [0, 0.05) is 29.9 Å². The minimum absolute atomic E-state index is 0.0358.